The van der Waals surface area contributed by atoms with Gasteiger partial charge in [-0.15, -0.1) is 0 Å². The molecule has 0 bridgehead atoms. The van der Waals surface area contributed by atoms with Gasteiger partial charge in [0.15, 0.2) is 0 Å². The van der Waals surface area contributed by atoms with Gasteiger partial charge in [-0.25, -0.2) is 0 Å². The van der Waals surface area contributed by atoms with Gasteiger partial charge in [-0.05, 0) is 37.5 Å². The van der Waals surface area contributed by atoms with Crippen molar-refractivity contribution in [1.82, 2.24) is 5.32 Å². The van der Waals surface area contributed by atoms with Crippen LogP contribution in [0.3, 0.4) is 0 Å². The molecule has 0 saturated carbocycles. The van der Waals surface area contributed by atoms with E-state index in [2.05, 4.69) is 34.5 Å². The van der Waals surface area contributed by atoms with Crippen molar-refractivity contribution in [2.24, 2.45) is 5.73 Å². The molecule has 1 aromatic rings. The Hall–Kier alpha value is -1.55. The molecule has 1 aromatic carbocycles. The number of piperidine rings is 1. The molecule has 1 heterocycles. The molecule has 1 saturated heterocycles. The molecular weight excluding hydrogens is 238 g/mol. The van der Waals surface area contributed by atoms with Gasteiger partial charge in [0.2, 0.25) is 5.91 Å². The van der Waals surface area contributed by atoms with E-state index in [1.54, 1.807) is 6.92 Å². The Balaban J connectivity index is 1.92. The van der Waals surface area contributed by atoms with E-state index in [1.165, 1.54) is 5.69 Å². The second kappa shape index (κ2) is 6.06. The highest BCUT2D eigenvalue weighted by Gasteiger charge is 2.19. The molecule has 104 valence electrons. The zero-order chi connectivity index (χ0) is 13.8. The molecule has 1 aliphatic heterocycles. The first-order valence-electron chi connectivity index (χ1n) is 6.94. The van der Waals surface area contributed by atoms with E-state index < -0.39 is 0 Å². The third kappa shape index (κ3) is 3.70. The first-order valence-corrected chi connectivity index (χ1v) is 6.94. The molecule has 0 unspecified atom stereocenters. The molecule has 1 aliphatic rings. The fourth-order valence-electron chi connectivity index (χ4n) is 2.56. The lowest BCUT2D eigenvalue weighted by atomic mass is 10.0. The lowest BCUT2D eigenvalue weighted by Crippen LogP contribution is -2.44. The molecule has 4 nitrogen and oxygen atoms in total. The molecule has 1 fully saturated rings. The largest absolute Gasteiger partial charge is 0.371 e. The number of hydrogen-bond donors (Lipinski definition) is 2. The Kier molecular flexibility index (Phi) is 4.43. The van der Waals surface area contributed by atoms with Gasteiger partial charge in [0.25, 0.3) is 0 Å². The van der Waals surface area contributed by atoms with Crippen molar-refractivity contribution in [3.8, 4) is 0 Å². The van der Waals surface area contributed by atoms with E-state index in [-0.39, 0.29) is 11.9 Å². The van der Waals surface area contributed by atoms with Crippen LogP contribution in [-0.2, 0) is 4.79 Å². The van der Waals surface area contributed by atoms with Crippen LogP contribution in [0.15, 0.2) is 24.3 Å². The topological polar surface area (TPSA) is 58.4 Å². The molecule has 0 aliphatic carbocycles. The van der Waals surface area contributed by atoms with E-state index in [4.69, 9.17) is 5.73 Å². The average molecular weight is 261 g/mol. The van der Waals surface area contributed by atoms with Gasteiger partial charge >= 0.3 is 0 Å². The molecule has 0 spiro atoms. The Morgan fingerprint density at radius 2 is 1.89 bits per heavy atom. The monoisotopic (exact) mass is 261 g/mol. The van der Waals surface area contributed by atoms with Crippen molar-refractivity contribution >= 4 is 11.6 Å². The Morgan fingerprint density at radius 1 is 1.32 bits per heavy atom. The van der Waals surface area contributed by atoms with Crippen LogP contribution in [-0.4, -0.2) is 25.0 Å². The summed E-state index contributed by atoms with van der Waals surface area (Å²) in [6.07, 6.45) is 2.02. The number of nitrogens with one attached hydrogen (secondary N) is 1. The zero-order valence-electron chi connectivity index (χ0n) is 11.7. The lowest BCUT2D eigenvalue weighted by molar-refractivity contribution is -0.119. The summed E-state index contributed by atoms with van der Waals surface area (Å²) in [5, 5.41) is 3.00. The number of nitrogens with zero attached hydrogens (tertiary/aromatic N) is 1. The Bertz CT molecular complexity index is 420. The van der Waals surface area contributed by atoms with Crippen LogP contribution < -0.4 is 16.0 Å². The number of rotatable bonds is 3. The molecule has 19 heavy (non-hydrogen) atoms. The van der Waals surface area contributed by atoms with Gasteiger partial charge in [0, 0.05) is 37.8 Å². The van der Waals surface area contributed by atoms with Gasteiger partial charge in [-0.2, -0.15) is 0 Å². The molecule has 2 rings (SSSR count). The Morgan fingerprint density at radius 3 is 2.37 bits per heavy atom. The number of amides is 1. The van der Waals surface area contributed by atoms with E-state index in [9.17, 15) is 4.79 Å². The Labute approximate surface area is 115 Å². The van der Waals surface area contributed by atoms with Crippen molar-refractivity contribution in [3.63, 3.8) is 0 Å². The van der Waals surface area contributed by atoms with Crippen LogP contribution in [0, 0.1) is 0 Å². The fourth-order valence-corrected chi connectivity index (χ4v) is 2.56. The van der Waals surface area contributed by atoms with E-state index in [0.717, 1.165) is 31.5 Å². The van der Waals surface area contributed by atoms with Crippen LogP contribution in [0.5, 0.6) is 0 Å². The van der Waals surface area contributed by atoms with Gasteiger partial charge in [0.1, 0.15) is 0 Å². The SMILES string of the molecule is CC(=O)NC1CCN(c2ccc([C@H](C)N)cc2)CC1. The second-order valence-corrected chi connectivity index (χ2v) is 5.34. The average Bonchev–Trinajstić information content (AvgIpc) is 2.39. The van der Waals surface area contributed by atoms with Crippen molar-refractivity contribution in [2.75, 3.05) is 18.0 Å². The van der Waals surface area contributed by atoms with Crippen molar-refractivity contribution in [3.05, 3.63) is 29.8 Å². The third-order valence-electron chi connectivity index (χ3n) is 3.69. The van der Waals surface area contributed by atoms with Crippen LogP contribution in [0.25, 0.3) is 0 Å². The summed E-state index contributed by atoms with van der Waals surface area (Å²) in [4.78, 5) is 13.4. The van der Waals surface area contributed by atoms with Gasteiger partial charge in [-0.3, -0.25) is 4.79 Å². The maximum Gasteiger partial charge on any atom is 0.217 e. The van der Waals surface area contributed by atoms with Crippen LogP contribution in [0.2, 0.25) is 0 Å². The summed E-state index contributed by atoms with van der Waals surface area (Å²) in [6.45, 7) is 5.55. The predicted molar refractivity (Wildman–Crippen MR) is 78.1 cm³/mol. The molecule has 4 heteroatoms. The number of nitrogens with two attached hydrogens (primary N) is 1. The number of anilines is 1. The first-order chi connectivity index (χ1) is 9.06. The highest BCUT2D eigenvalue weighted by atomic mass is 16.1. The molecule has 0 aromatic heterocycles. The van der Waals surface area contributed by atoms with Gasteiger partial charge in [-0.1, -0.05) is 12.1 Å². The number of carbonyl (C=O) groups is 1. The van der Waals surface area contributed by atoms with Crippen molar-refractivity contribution in [2.45, 2.75) is 38.8 Å². The third-order valence-corrected chi connectivity index (χ3v) is 3.69. The summed E-state index contributed by atoms with van der Waals surface area (Å²) in [7, 11) is 0. The number of benzene rings is 1. The fraction of sp³-hybridized carbons (Fsp3) is 0.533. The zero-order valence-corrected chi connectivity index (χ0v) is 11.7. The van der Waals surface area contributed by atoms with Crippen molar-refractivity contribution < 1.29 is 4.79 Å². The molecule has 0 radical (unpaired) electrons. The minimum Gasteiger partial charge on any atom is -0.371 e. The molecule has 1 amide bonds. The number of carbonyl (C=O) groups excluding carboxylic acids is 1. The standard InChI is InChI=1S/C15H23N3O/c1-11(16)13-3-5-15(6-4-13)18-9-7-14(8-10-18)17-12(2)19/h3-6,11,14H,7-10,16H2,1-2H3,(H,17,19)/t11-/m0/s1. The molecular formula is C15H23N3O. The summed E-state index contributed by atoms with van der Waals surface area (Å²) in [6, 6.07) is 8.88. The van der Waals surface area contributed by atoms with Crippen LogP contribution in [0.4, 0.5) is 5.69 Å². The van der Waals surface area contributed by atoms with Crippen LogP contribution in [0.1, 0.15) is 38.3 Å². The minimum atomic E-state index is 0.0692. The smallest absolute Gasteiger partial charge is 0.217 e. The summed E-state index contributed by atoms with van der Waals surface area (Å²) in [5.74, 6) is 0.0692. The van der Waals surface area contributed by atoms with E-state index >= 15 is 0 Å². The lowest BCUT2D eigenvalue weighted by Gasteiger charge is -2.34. The molecule has 1 atom stereocenters. The highest BCUT2D eigenvalue weighted by Crippen LogP contribution is 2.22. The minimum absolute atomic E-state index is 0.0692. The normalized spacial score (nSPS) is 18.2. The number of hydrogen-bond acceptors (Lipinski definition) is 3. The van der Waals surface area contributed by atoms with Crippen LogP contribution >= 0.6 is 0 Å². The second-order valence-electron chi connectivity index (χ2n) is 5.34. The first kappa shape index (κ1) is 13.9. The maximum atomic E-state index is 11.0. The summed E-state index contributed by atoms with van der Waals surface area (Å²) in [5.41, 5.74) is 8.26. The van der Waals surface area contributed by atoms with Gasteiger partial charge < -0.3 is 16.0 Å². The summed E-state index contributed by atoms with van der Waals surface area (Å²) >= 11 is 0. The summed E-state index contributed by atoms with van der Waals surface area (Å²) < 4.78 is 0. The van der Waals surface area contributed by atoms with E-state index in [1.807, 2.05) is 6.92 Å². The predicted octanol–water partition coefficient (Wildman–Crippen LogP) is 1.81. The van der Waals surface area contributed by atoms with Gasteiger partial charge in [0.05, 0.1) is 0 Å². The van der Waals surface area contributed by atoms with Crippen molar-refractivity contribution in [1.29, 1.82) is 0 Å². The molecule has 3 N–H and O–H groups in total. The highest BCUT2D eigenvalue weighted by molar-refractivity contribution is 5.73. The quantitative estimate of drug-likeness (QED) is 0.872. The van der Waals surface area contributed by atoms with E-state index in [0.29, 0.717) is 6.04 Å². The maximum absolute atomic E-state index is 11.0.